The van der Waals surface area contributed by atoms with Gasteiger partial charge >= 0.3 is 0 Å². The van der Waals surface area contributed by atoms with Crippen molar-refractivity contribution in [3.63, 3.8) is 0 Å². The molecule has 2 aromatic rings. The Morgan fingerprint density at radius 2 is 2.16 bits per heavy atom. The van der Waals surface area contributed by atoms with Crippen molar-refractivity contribution in [3.8, 4) is 0 Å². The summed E-state index contributed by atoms with van der Waals surface area (Å²) in [5.74, 6) is 0. The monoisotopic (exact) mass is 260 g/mol. The second-order valence-corrected chi connectivity index (χ2v) is 4.19. The van der Waals surface area contributed by atoms with Gasteiger partial charge in [0.2, 0.25) is 0 Å². The summed E-state index contributed by atoms with van der Waals surface area (Å²) < 4.78 is 1.98. The summed E-state index contributed by atoms with van der Waals surface area (Å²) in [6, 6.07) is 6.86. The molecular weight excluding hydrogens is 244 g/mol. The lowest BCUT2D eigenvalue weighted by molar-refractivity contribution is -0.385. The summed E-state index contributed by atoms with van der Waals surface area (Å²) in [5.41, 5.74) is 0.960. The third-order valence-corrected chi connectivity index (χ3v) is 2.87. The third-order valence-electron chi connectivity index (χ3n) is 2.87. The first-order chi connectivity index (χ1) is 9.27. The van der Waals surface area contributed by atoms with Crippen LogP contribution in [-0.4, -0.2) is 27.6 Å². The van der Waals surface area contributed by atoms with Gasteiger partial charge in [0, 0.05) is 37.1 Å². The smallest absolute Gasteiger partial charge is 0.272 e. The van der Waals surface area contributed by atoms with Crippen LogP contribution in [0.15, 0.2) is 43.0 Å². The van der Waals surface area contributed by atoms with E-state index in [0.29, 0.717) is 6.42 Å². The number of nitrogens with zero attached hydrogens (tertiary/aromatic N) is 3. The zero-order chi connectivity index (χ0) is 13.5. The van der Waals surface area contributed by atoms with E-state index in [0.717, 1.165) is 25.2 Å². The molecule has 2 rings (SSSR count). The van der Waals surface area contributed by atoms with Crippen molar-refractivity contribution in [2.45, 2.75) is 13.0 Å². The van der Waals surface area contributed by atoms with Gasteiger partial charge in [-0.25, -0.2) is 4.98 Å². The van der Waals surface area contributed by atoms with Crippen LogP contribution in [0.1, 0.15) is 5.56 Å². The van der Waals surface area contributed by atoms with Gasteiger partial charge in [-0.3, -0.25) is 10.1 Å². The molecule has 0 atom stereocenters. The highest BCUT2D eigenvalue weighted by atomic mass is 16.6. The van der Waals surface area contributed by atoms with Gasteiger partial charge in [0.15, 0.2) is 0 Å². The first-order valence-electron chi connectivity index (χ1n) is 6.16. The predicted molar refractivity (Wildman–Crippen MR) is 71.9 cm³/mol. The zero-order valence-corrected chi connectivity index (χ0v) is 10.5. The molecule has 0 unspecified atom stereocenters. The van der Waals surface area contributed by atoms with Crippen LogP contribution in [0, 0.1) is 10.1 Å². The third kappa shape index (κ3) is 3.89. The topological polar surface area (TPSA) is 73.0 Å². The minimum Gasteiger partial charge on any atom is -0.336 e. The molecule has 0 saturated carbocycles. The van der Waals surface area contributed by atoms with E-state index < -0.39 is 0 Å². The van der Waals surface area contributed by atoms with Crippen LogP contribution in [0.5, 0.6) is 0 Å². The van der Waals surface area contributed by atoms with Crippen LogP contribution >= 0.6 is 0 Å². The van der Waals surface area contributed by atoms with E-state index in [-0.39, 0.29) is 10.6 Å². The van der Waals surface area contributed by atoms with E-state index in [1.54, 1.807) is 30.7 Å². The SMILES string of the molecule is O=[N+]([O-])c1ccccc1CCNCCn1ccnc1. The standard InChI is InChI=1S/C13H16N4O2/c18-17(19)13-4-2-1-3-12(13)5-6-14-7-9-16-10-8-15-11-16/h1-4,8,10-11,14H,5-7,9H2. The van der Waals surface area contributed by atoms with E-state index in [1.165, 1.54) is 0 Å². The highest BCUT2D eigenvalue weighted by Gasteiger charge is 2.10. The quantitative estimate of drug-likeness (QED) is 0.466. The Labute approximate surface area is 111 Å². The van der Waals surface area contributed by atoms with Crippen molar-refractivity contribution in [3.05, 3.63) is 58.7 Å². The lowest BCUT2D eigenvalue weighted by atomic mass is 10.1. The fourth-order valence-corrected chi connectivity index (χ4v) is 1.88. The molecule has 19 heavy (non-hydrogen) atoms. The maximum absolute atomic E-state index is 10.8. The number of hydrogen-bond donors (Lipinski definition) is 1. The van der Waals surface area contributed by atoms with E-state index in [1.807, 2.05) is 16.8 Å². The number of nitro benzene ring substituents is 1. The van der Waals surface area contributed by atoms with Gasteiger partial charge in [-0.15, -0.1) is 0 Å². The van der Waals surface area contributed by atoms with Gasteiger partial charge in [-0.1, -0.05) is 18.2 Å². The highest BCUT2D eigenvalue weighted by Crippen LogP contribution is 2.17. The second-order valence-electron chi connectivity index (χ2n) is 4.19. The van der Waals surface area contributed by atoms with Crippen LogP contribution < -0.4 is 5.32 Å². The van der Waals surface area contributed by atoms with Gasteiger partial charge in [0.25, 0.3) is 5.69 Å². The molecule has 1 aromatic heterocycles. The normalized spacial score (nSPS) is 10.5. The van der Waals surface area contributed by atoms with Crippen molar-refractivity contribution in [1.82, 2.24) is 14.9 Å². The van der Waals surface area contributed by atoms with Crippen LogP contribution in [0.2, 0.25) is 0 Å². The predicted octanol–water partition coefficient (Wildman–Crippen LogP) is 1.62. The molecule has 0 radical (unpaired) electrons. The molecular formula is C13H16N4O2. The molecule has 0 spiro atoms. The number of rotatable bonds is 7. The first kappa shape index (κ1) is 13.2. The van der Waals surface area contributed by atoms with Crippen LogP contribution in [0.3, 0.4) is 0 Å². The van der Waals surface area contributed by atoms with Gasteiger partial charge in [0.05, 0.1) is 11.3 Å². The van der Waals surface area contributed by atoms with Crippen molar-refractivity contribution in [1.29, 1.82) is 0 Å². The van der Waals surface area contributed by atoms with E-state index >= 15 is 0 Å². The lowest BCUT2D eigenvalue weighted by Gasteiger charge is -2.06. The van der Waals surface area contributed by atoms with E-state index in [9.17, 15) is 10.1 Å². The summed E-state index contributed by atoms with van der Waals surface area (Å²) in [5, 5.41) is 14.1. The molecule has 0 bridgehead atoms. The number of nitrogens with one attached hydrogen (secondary N) is 1. The Bertz CT molecular complexity index is 525. The van der Waals surface area contributed by atoms with Crippen molar-refractivity contribution in [2.24, 2.45) is 0 Å². The summed E-state index contributed by atoms with van der Waals surface area (Å²) in [4.78, 5) is 14.5. The summed E-state index contributed by atoms with van der Waals surface area (Å²) in [6.07, 6.45) is 6.07. The average molecular weight is 260 g/mol. The second kappa shape index (κ2) is 6.65. The number of nitro groups is 1. The van der Waals surface area contributed by atoms with Crippen LogP contribution in [0.4, 0.5) is 5.69 Å². The largest absolute Gasteiger partial charge is 0.336 e. The Morgan fingerprint density at radius 3 is 2.89 bits per heavy atom. The zero-order valence-electron chi connectivity index (χ0n) is 10.5. The molecule has 6 heteroatoms. The van der Waals surface area contributed by atoms with Gasteiger partial charge < -0.3 is 9.88 Å². The first-order valence-corrected chi connectivity index (χ1v) is 6.16. The Balaban J connectivity index is 1.75. The molecule has 1 aromatic carbocycles. The summed E-state index contributed by atoms with van der Waals surface area (Å²) >= 11 is 0. The maximum Gasteiger partial charge on any atom is 0.272 e. The summed E-state index contributed by atoms with van der Waals surface area (Å²) in [6.45, 7) is 2.38. The molecule has 0 saturated heterocycles. The maximum atomic E-state index is 10.8. The Hall–Kier alpha value is -2.21. The van der Waals surface area contributed by atoms with Crippen LogP contribution in [-0.2, 0) is 13.0 Å². The molecule has 0 fully saturated rings. The molecule has 100 valence electrons. The number of para-hydroxylation sites is 1. The number of aromatic nitrogens is 2. The van der Waals surface area contributed by atoms with Crippen molar-refractivity contribution in [2.75, 3.05) is 13.1 Å². The fraction of sp³-hybridized carbons (Fsp3) is 0.308. The minimum absolute atomic E-state index is 0.193. The lowest BCUT2D eigenvalue weighted by Crippen LogP contribution is -2.22. The number of hydrogen-bond acceptors (Lipinski definition) is 4. The van der Waals surface area contributed by atoms with E-state index in [4.69, 9.17) is 0 Å². The number of imidazole rings is 1. The van der Waals surface area contributed by atoms with E-state index in [2.05, 4.69) is 10.3 Å². The van der Waals surface area contributed by atoms with Crippen LogP contribution in [0.25, 0.3) is 0 Å². The minimum atomic E-state index is -0.333. The fourth-order valence-electron chi connectivity index (χ4n) is 1.88. The van der Waals surface area contributed by atoms with Gasteiger partial charge in [-0.2, -0.15) is 0 Å². The van der Waals surface area contributed by atoms with Gasteiger partial charge in [0.1, 0.15) is 0 Å². The molecule has 0 amide bonds. The average Bonchev–Trinajstić information content (AvgIpc) is 2.92. The van der Waals surface area contributed by atoms with Gasteiger partial charge in [-0.05, 0) is 13.0 Å². The summed E-state index contributed by atoms with van der Waals surface area (Å²) in [7, 11) is 0. The molecule has 0 aliphatic heterocycles. The molecule has 0 aliphatic rings. The Kier molecular flexibility index (Phi) is 4.63. The Morgan fingerprint density at radius 1 is 1.32 bits per heavy atom. The van der Waals surface area contributed by atoms with Crippen molar-refractivity contribution >= 4 is 5.69 Å². The van der Waals surface area contributed by atoms with Crippen molar-refractivity contribution < 1.29 is 4.92 Å². The number of benzene rings is 1. The molecule has 1 N–H and O–H groups in total. The molecule has 0 aliphatic carbocycles. The molecule has 6 nitrogen and oxygen atoms in total. The molecule has 1 heterocycles. The highest BCUT2D eigenvalue weighted by molar-refractivity contribution is 5.39.